The number of nitrogens with one attached hydrogen (secondary N) is 2. The van der Waals surface area contributed by atoms with Crippen LogP contribution in [0.25, 0.3) is 0 Å². The SMILES string of the molecule is O=S(=O)(NCc1c(F)cccc1F)C(F)(F)F.O=S(=O)(NCc1ccccc1F)C(F)(F)F. The number of rotatable bonds is 6. The molecule has 0 spiro atoms. The first-order valence-corrected chi connectivity index (χ1v) is 11.1. The van der Waals surface area contributed by atoms with Gasteiger partial charge in [-0.05, 0) is 18.2 Å². The molecule has 186 valence electrons. The van der Waals surface area contributed by atoms with E-state index in [-0.39, 0.29) is 5.56 Å². The molecule has 0 bridgehead atoms. The summed E-state index contributed by atoms with van der Waals surface area (Å²) in [5.74, 6) is -3.03. The molecular weight excluding hydrogens is 519 g/mol. The lowest BCUT2D eigenvalue weighted by Crippen LogP contribution is -2.36. The summed E-state index contributed by atoms with van der Waals surface area (Å²) in [7, 11) is -11.0. The van der Waals surface area contributed by atoms with Crippen molar-refractivity contribution in [2.24, 2.45) is 0 Å². The maximum atomic E-state index is 13.0. The quantitative estimate of drug-likeness (QED) is 0.556. The fourth-order valence-corrected chi connectivity index (χ4v) is 2.85. The first-order chi connectivity index (χ1) is 14.9. The Balaban J connectivity index is 0.000000331. The Labute approximate surface area is 181 Å². The average Bonchev–Trinajstić information content (AvgIpc) is 2.66. The topological polar surface area (TPSA) is 92.3 Å². The van der Waals surface area contributed by atoms with Crippen LogP contribution in [0.2, 0.25) is 0 Å². The second-order valence-corrected chi connectivity index (χ2v) is 9.35. The Kier molecular flexibility index (Phi) is 9.30. The number of halogens is 9. The zero-order valence-electron chi connectivity index (χ0n) is 15.8. The highest BCUT2D eigenvalue weighted by Crippen LogP contribution is 2.23. The molecule has 0 unspecified atom stereocenters. The van der Waals surface area contributed by atoms with Gasteiger partial charge in [0.15, 0.2) is 0 Å². The summed E-state index contributed by atoms with van der Waals surface area (Å²) >= 11 is 0. The van der Waals surface area contributed by atoms with Crippen molar-refractivity contribution in [2.45, 2.75) is 24.1 Å². The molecule has 0 amide bonds. The van der Waals surface area contributed by atoms with E-state index in [0.29, 0.717) is 0 Å². The molecule has 0 fully saturated rings. The fourth-order valence-electron chi connectivity index (χ4n) is 1.85. The minimum absolute atomic E-state index is 0.157. The molecule has 2 N–H and O–H groups in total. The molecule has 17 heteroatoms. The summed E-state index contributed by atoms with van der Waals surface area (Å²) in [5, 5.41) is 0. The highest BCUT2D eigenvalue weighted by atomic mass is 32.2. The van der Waals surface area contributed by atoms with Crippen molar-refractivity contribution in [2.75, 3.05) is 0 Å². The van der Waals surface area contributed by atoms with Crippen LogP contribution < -0.4 is 9.44 Å². The molecule has 0 saturated heterocycles. The summed E-state index contributed by atoms with van der Waals surface area (Å²) in [5.41, 5.74) is -11.8. The van der Waals surface area contributed by atoms with E-state index in [0.717, 1.165) is 29.0 Å². The molecule has 0 saturated carbocycles. The van der Waals surface area contributed by atoms with E-state index in [4.69, 9.17) is 0 Å². The minimum atomic E-state index is -5.61. The molecule has 0 aliphatic carbocycles. The highest BCUT2D eigenvalue weighted by Gasteiger charge is 2.46. The zero-order chi connectivity index (χ0) is 25.7. The van der Waals surface area contributed by atoms with Crippen molar-refractivity contribution in [3.05, 3.63) is 71.0 Å². The van der Waals surface area contributed by atoms with Gasteiger partial charge in [0.05, 0.1) is 0 Å². The number of benzene rings is 2. The maximum Gasteiger partial charge on any atom is 0.511 e. The van der Waals surface area contributed by atoms with Gasteiger partial charge < -0.3 is 0 Å². The third kappa shape index (κ3) is 8.17. The van der Waals surface area contributed by atoms with E-state index in [9.17, 15) is 56.3 Å². The lowest BCUT2D eigenvalue weighted by Gasteiger charge is -2.10. The van der Waals surface area contributed by atoms with Gasteiger partial charge in [-0.1, -0.05) is 24.3 Å². The van der Waals surface area contributed by atoms with Gasteiger partial charge in [-0.25, -0.2) is 39.5 Å². The van der Waals surface area contributed by atoms with E-state index in [2.05, 4.69) is 0 Å². The monoisotopic (exact) mass is 532 g/mol. The van der Waals surface area contributed by atoms with Crippen molar-refractivity contribution in [1.29, 1.82) is 0 Å². The van der Waals surface area contributed by atoms with Gasteiger partial charge in [0.2, 0.25) is 0 Å². The van der Waals surface area contributed by atoms with Crippen LogP contribution in [-0.2, 0) is 33.1 Å². The third-order valence-electron chi connectivity index (χ3n) is 3.52. The van der Waals surface area contributed by atoms with Gasteiger partial charge in [0.25, 0.3) is 0 Å². The van der Waals surface area contributed by atoms with Crippen LogP contribution in [0.15, 0.2) is 42.5 Å². The van der Waals surface area contributed by atoms with Gasteiger partial charge in [0, 0.05) is 24.2 Å². The third-order valence-corrected chi connectivity index (χ3v) is 5.79. The number of sulfonamides is 2. The van der Waals surface area contributed by atoms with Crippen LogP contribution in [0.4, 0.5) is 39.5 Å². The Bertz CT molecular complexity index is 1140. The molecule has 0 heterocycles. The molecule has 0 atom stereocenters. The normalized spacial score (nSPS) is 12.8. The molecule has 2 aromatic carbocycles. The molecule has 2 rings (SSSR count). The first kappa shape index (κ1) is 28.7. The van der Waals surface area contributed by atoms with Gasteiger partial charge >= 0.3 is 31.1 Å². The second kappa shape index (κ2) is 10.7. The van der Waals surface area contributed by atoms with Crippen molar-refractivity contribution in [3.8, 4) is 0 Å². The average molecular weight is 532 g/mol. The summed E-state index contributed by atoms with van der Waals surface area (Å²) in [4.78, 5) is 0. The summed E-state index contributed by atoms with van der Waals surface area (Å²) < 4.78 is 155. The van der Waals surface area contributed by atoms with Gasteiger partial charge in [0.1, 0.15) is 17.5 Å². The molecule has 0 aliphatic heterocycles. The summed E-state index contributed by atoms with van der Waals surface area (Å²) in [6.45, 7) is -1.85. The Morgan fingerprint density at radius 3 is 1.42 bits per heavy atom. The van der Waals surface area contributed by atoms with E-state index in [1.165, 1.54) is 22.9 Å². The van der Waals surface area contributed by atoms with E-state index >= 15 is 0 Å². The standard InChI is InChI=1S/C8H6F5NO2S.C8H7F4NO2S/c9-6-2-1-3-7(10)5(6)4-14-17(15,16)8(11,12)13;9-7-4-2-1-3-6(7)5-13-16(14,15)8(10,11)12/h1-3,14H,4H2;1-4,13H,5H2. The molecule has 0 aliphatic rings. The smallest absolute Gasteiger partial charge is 0.207 e. The maximum absolute atomic E-state index is 13.0. The fraction of sp³-hybridized carbons (Fsp3) is 0.250. The predicted molar refractivity (Wildman–Crippen MR) is 96.4 cm³/mol. The summed E-state index contributed by atoms with van der Waals surface area (Å²) in [6.07, 6.45) is 0. The molecule has 2 aromatic rings. The van der Waals surface area contributed by atoms with E-state index in [1.807, 2.05) is 0 Å². The van der Waals surface area contributed by atoms with Crippen LogP contribution in [-0.4, -0.2) is 27.9 Å². The van der Waals surface area contributed by atoms with Gasteiger partial charge in [-0.2, -0.15) is 26.3 Å². The lowest BCUT2D eigenvalue weighted by atomic mass is 10.2. The van der Waals surface area contributed by atoms with Crippen molar-refractivity contribution >= 4 is 20.0 Å². The number of alkyl halides is 6. The highest BCUT2D eigenvalue weighted by molar-refractivity contribution is 7.90. The Morgan fingerprint density at radius 1 is 0.606 bits per heavy atom. The number of hydrogen-bond donors (Lipinski definition) is 2. The van der Waals surface area contributed by atoms with Crippen molar-refractivity contribution in [3.63, 3.8) is 0 Å². The molecule has 33 heavy (non-hydrogen) atoms. The van der Waals surface area contributed by atoms with Crippen LogP contribution in [0, 0.1) is 17.5 Å². The van der Waals surface area contributed by atoms with Crippen LogP contribution >= 0.6 is 0 Å². The van der Waals surface area contributed by atoms with Crippen molar-refractivity contribution in [1.82, 2.24) is 9.44 Å². The zero-order valence-corrected chi connectivity index (χ0v) is 17.4. The molecule has 6 nitrogen and oxygen atoms in total. The Morgan fingerprint density at radius 2 is 1.00 bits per heavy atom. The van der Waals surface area contributed by atoms with E-state index < -0.39 is 67.2 Å². The van der Waals surface area contributed by atoms with Gasteiger partial charge in [-0.15, -0.1) is 0 Å². The van der Waals surface area contributed by atoms with Crippen LogP contribution in [0.3, 0.4) is 0 Å². The first-order valence-electron chi connectivity index (χ1n) is 8.17. The van der Waals surface area contributed by atoms with Gasteiger partial charge in [-0.3, -0.25) is 0 Å². The van der Waals surface area contributed by atoms with E-state index in [1.54, 1.807) is 0 Å². The largest absolute Gasteiger partial charge is 0.511 e. The Hall–Kier alpha value is -2.37. The molecular formula is C16H13F9N2O4S2. The molecule has 0 aromatic heterocycles. The van der Waals surface area contributed by atoms with Crippen LogP contribution in [0.1, 0.15) is 11.1 Å². The second-order valence-electron chi connectivity index (χ2n) is 5.83. The lowest BCUT2D eigenvalue weighted by molar-refractivity contribution is -0.0454. The predicted octanol–water partition coefficient (Wildman–Crippen LogP) is 3.67. The minimum Gasteiger partial charge on any atom is -0.207 e. The van der Waals surface area contributed by atoms with Crippen molar-refractivity contribution < 1.29 is 56.3 Å². The van der Waals surface area contributed by atoms with Crippen LogP contribution in [0.5, 0.6) is 0 Å². The summed E-state index contributed by atoms with van der Waals surface area (Å²) in [6, 6.07) is 7.57. The molecule has 0 radical (unpaired) electrons. The number of hydrogen-bond acceptors (Lipinski definition) is 4.